The van der Waals surface area contributed by atoms with Crippen molar-refractivity contribution in [1.29, 1.82) is 0 Å². The van der Waals surface area contributed by atoms with Gasteiger partial charge in [-0.2, -0.15) is 0 Å². The van der Waals surface area contributed by atoms with Crippen molar-refractivity contribution in [3.05, 3.63) is 46.2 Å². The lowest BCUT2D eigenvalue weighted by atomic mass is 10.1. The minimum absolute atomic E-state index is 0.216. The molecule has 3 nitrogen and oxygen atoms in total. The van der Waals surface area contributed by atoms with E-state index in [2.05, 4.69) is 6.07 Å². The lowest BCUT2D eigenvalue weighted by molar-refractivity contribution is 0.350. The molecule has 4 heteroatoms. The van der Waals surface area contributed by atoms with E-state index in [1.165, 1.54) is 4.88 Å². The number of phenolic OH excluding ortho intramolecular Hbond substituents is 1. The maximum Gasteiger partial charge on any atom is 0.164 e. The van der Waals surface area contributed by atoms with E-state index in [1.54, 1.807) is 37.7 Å². The van der Waals surface area contributed by atoms with Crippen molar-refractivity contribution in [2.45, 2.75) is 6.42 Å². The fraction of sp³-hybridized carbons (Fsp3) is 0.200. The Kier molecular flexibility index (Phi) is 4.47. The topological polar surface area (TPSA) is 38.7 Å². The Morgan fingerprint density at radius 2 is 1.95 bits per heavy atom. The standard InChI is InChI=1S/C15H16O3S/c1-17-14-9-11(13(16)10-15(14)18-2)5-3-6-12-7-4-8-19-12/h3-4,6-10,16H,5H2,1-2H3/b6-3+. The Hall–Kier alpha value is -1.94. The smallest absolute Gasteiger partial charge is 0.164 e. The summed E-state index contributed by atoms with van der Waals surface area (Å²) in [7, 11) is 3.13. The molecule has 0 aliphatic carbocycles. The molecule has 0 saturated heterocycles. The molecular formula is C15H16O3S. The summed E-state index contributed by atoms with van der Waals surface area (Å²) in [5, 5.41) is 12.0. The van der Waals surface area contributed by atoms with Crippen LogP contribution < -0.4 is 9.47 Å². The van der Waals surface area contributed by atoms with Crippen LogP contribution >= 0.6 is 11.3 Å². The molecule has 0 saturated carbocycles. The first-order chi connectivity index (χ1) is 9.24. The molecule has 1 aromatic carbocycles. The number of phenols is 1. The van der Waals surface area contributed by atoms with Crippen LogP contribution in [0.3, 0.4) is 0 Å². The van der Waals surface area contributed by atoms with Gasteiger partial charge in [0.25, 0.3) is 0 Å². The van der Waals surface area contributed by atoms with Crippen molar-refractivity contribution in [2.24, 2.45) is 0 Å². The summed E-state index contributed by atoms with van der Waals surface area (Å²) in [4.78, 5) is 1.19. The molecule has 100 valence electrons. The third-order valence-electron chi connectivity index (χ3n) is 2.75. The third kappa shape index (κ3) is 3.29. The highest BCUT2D eigenvalue weighted by Crippen LogP contribution is 2.34. The van der Waals surface area contributed by atoms with Crippen molar-refractivity contribution in [1.82, 2.24) is 0 Å². The fourth-order valence-corrected chi connectivity index (χ4v) is 2.41. The molecule has 0 aliphatic rings. The highest BCUT2D eigenvalue weighted by atomic mass is 32.1. The predicted molar refractivity (Wildman–Crippen MR) is 78.3 cm³/mol. The fourth-order valence-electron chi connectivity index (χ4n) is 1.76. The molecule has 2 rings (SSSR count). The van der Waals surface area contributed by atoms with Crippen LogP contribution in [0, 0.1) is 0 Å². The molecule has 0 atom stereocenters. The normalized spacial score (nSPS) is 10.8. The molecule has 0 unspecified atom stereocenters. The van der Waals surface area contributed by atoms with Crippen molar-refractivity contribution in [3.63, 3.8) is 0 Å². The number of thiophene rings is 1. The van der Waals surface area contributed by atoms with E-state index in [-0.39, 0.29) is 5.75 Å². The van der Waals surface area contributed by atoms with Gasteiger partial charge in [-0.1, -0.05) is 12.1 Å². The number of methoxy groups -OCH3 is 2. The summed E-state index contributed by atoms with van der Waals surface area (Å²) in [6.45, 7) is 0. The van der Waals surface area contributed by atoms with E-state index in [0.717, 1.165) is 5.56 Å². The number of hydrogen-bond donors (Lipinski definition) is 1. The molecule has 0 aliphatic heterocycles. The van der Waals surface area contributed by atoms with Crippen LogP contribution in [0.4, 0.5) is 0 Å². The van der Waals surface area contributed by atoms with Crippen LogP contribution in [0.25, 0.3) is 6.08 Å². The van der Waals surface area contributed by atoms with Gasteiger partial charge in [0.2, 0.25) is 0 Å². The van der Waals surface area contributed by atoms with E-state index in [1.807, 2.05) is 23.6 Å². The van der Waals surface area contributed by atoms with Crippen LogP contribution in [0.15, 0.2) is 35.7 Å². The molecular weight excluding hydrogens is 260 g/mol. The third-order valence-corrected chi connectivity index (χ3v) is 3.59. The van der Waals surface area contributed by atoms with Gasteiger partial charge < -0.3 is 14.6 Å². The quantitative estimate of drug-likeness (QED) is 0.904. The number of allylic oxidation sites excluding steroid dienone is 1. The van der Waals surface area contributed by atoms with E-state index in [4.69, 9.17) is 9.47 Å². The maximum atomic E-state index is 9.93. The minimum atomic E-state index is 0.216. The SMILES string of the molecule is COc1cc(O)c(C/C=C/c2cccs2)cc1OC. The largest absolute Gasteiger partial charge is 0.508 e. The van der Waals surface area contributed by atoms with Crippen LogP contribution in [0.1, 0.15) is 10.4 Å². The zero-order chi connectivity index (χ0) is 13.7. The molecule has 19 heavy (non-hydrogen) atoms. The lowest BCUT2D eigenvalue weighted by Gasteiger charge is -2.10. The van der Waals surface area contributed by atoms with Gasteiger partial charge in [-0.3, -0.25) is 0 Å². The van der Waals surface area contributed by atoms with Crippen LogP contribution in [-0.2, 0) is 6.42 Å². The summed E-state index contributed by atoms with van der Waals surface area (Å²) in [6, 6.07) is 7.44. The lowest BCUT2D eigenvalue weighted by Crippen LogP contribution is -1.93. The van der Waals surface area contributed by atoms with E-state index >= 15 is 0 Å². The summed E-state index contributed by atoms with van der Waals surface area (Å²) >= 11 is 1.68. The van der Waals surface area contributed by atoms with Crippen LogP contribution in [0.2, 0.25) is 0 Å². The van der Waals surface area contributed by atoms with Gasteiger partial charge in [0.15, 0.2) is 11.5 Å². The molecule has 0 bridgehead atoms. The number of rotatable bonds is 5. The second kappa shape index (κ2) is 6.29. The average Bonchev–Trinajstić information content (AvgIpc) is 2.93. The highest BCUT2D eigenvalue weighted by Gasteiger charge is 2.09. The first-order valence-corrected chi connectivity index (χ1v) is 6.76. The van der Waals surface area contributed by atoms with Crippen LogP contribution in [0.5, 0.6) is 17.2 Å². The Labute approximate surface area is 116 Å². The number of ether oxygens (including phenoxy) is 2. The van der Waals surface area contributed by atoms with E-state index in [9.17, 15) is 5.11 Å². The molecule has 0 radical (unpaired) electrons. The highest BCUT2D eigenvalue weighted by molar-refractivity contribution is 7.10. The van der Waals surface area contributed by atoms with Crippen molar-refractivity contribution in [2.75, 3.05) is 14.2 Å². The second-order valence-electron chi connectivity index (χ2n) is 3.96. The van der Waals surface area contributed by atoms with Crippen molar-refractivity contribution in [3.8, 4) is 17.2 Å². The van der Waals surface area contributed by atoms with Crippen molar-refractivity contribution >= 4 is 17.4 Å². The average molecular weight is 276 g/mol. The molecule has 1 aromatic heterocycles. The van der Waals surface area contributed by atoms with Gasteiger partial charge in [0, 0.05) is 16.5 Å². The molecule has 0 fully saturated rings. The summed E-state index contributed by atoms with van der Waals surface area (Å²) < 4.78 is 10.4. The summed E-state index contributed by atoms with van der Waals surface area (Å²) in [5.41, 5.74) is 0.811. The monoisotopic (exact) mass is 276 g/mol. The molecule has 0 spiro atoms. The summed E-state index contributed by atoms with van der Waals surface area (Å²) in [5.74, 6) is 1.37. The van der Waals surface area contributed by atoms with Gasteiger partial charge in [0.05, 0.1) is 14.2 Å². The van der Waals surface area contributed by atoms with E-state index in [0.29, 0.717) is 17.9 Å². The molecule has 0 amide bonds. The number of hydrogen-bond acceptors (Lipinski definition) is 4. The zero-order valence-corrected chi connectivity index (χ0v) is 11.7. The minimum Gasteiger partial charge on any atom is -0.508 e. The van der Waals surface area contributed by atoms with Crippen molar-refractivity contribution < 1.29 is 14.6 Å². The Morgan fingerprint density at radius 1 is 1.21 bits per heavy atom. The van der Waals surface area contributed by atoms with Gasteiger partial charge in [0.1, 0.15) is 5.75 Å². The van der Waals surface area contributed by atoms with Gasteiger partial charge in [-0.25, -0.2) is 0 Å². The molecule has 2 aromatic rings. The first kappa shape index (κ1) is 13.5. The Morgan fingerprint density at radius 3 is 2.58 bits per heavy atom. The van der Waals surface area contributed by atoms with Gasteiger partial charge >= 0.3 is 0 Å². The Bertz CT molecular complexity index is 559. The summed E-state index contributed by atoms with van der Waals surface area (Å²) in [6.07, 6.45) is 4.71. The Balaban J connectivity index is 2.16. The van der Waals surface area contributed by atoms with Gasteiger partial charge in [-0.05, 0) is 30.0 Å². The van der Waals surface area contributed by atoms with Crippen LogP contribution in [-0.4, -0.2) is 19.3 Å². The zero-order valence-electron chi connectivity index (χ0n) is 10.9. The van der Waals surface area contributed by atoms with Gasteiger partial charge in [-0.15, -0.1) is 11.3 Å². The predicted octanol–water partition coefficient (Wildman–Crippen LogP) is 3.73. The molecule has 1 heterocycles. The molecule has 1 N–H and O–H groups in total. The number of benzene rings is 1. The first-order valence-electron chi connectivity index (χ1n) is 5.88. The van der Waals surface area contributed by atoms with E-state index < -0.39 is 0 Å². The second-order valence-corrected chi connectivity index (χ2v) is 4.94. The maximum absolute atomic E-state index is 9.93. The number of aromatic hydroxyl groups is 1.